The smallest absolute Gasteiger partial charge is 0.254 e. The predicted octanol–water partition coefficient (Wildman–Crippen LogP) is 2.15. The van der Waals surface area contributed by atoms with E-state index >= 15 is 0 Å². The summed E-state index contributed by atoms with van der Waals surface area (Å²) in [6, 6.07) is 5.34. The molecule has 1 amide bonds. The standard InChI is InChI=1S/C16H19ClN6O/c1-22(2)16(24)10-8-11(17)15(19-9-10)23-7-3-4-13(23)12-5-6-14(18)21-20-12/h5-6,8-9,13H,3-4,7H2,1-2H3,(H2,18,21). The second kappa shape index (κ2) is 6.60. The highest BCUT2D eigenvalue weighted by molar-refractivity contribution is 6.33. The van der Waals surface area contributed by atoms with Crippen molar-refractivity contribution in [3.8, 4) is 0 Å². The Balaban J connectivity index is 1.90. The van der Waals surface area contributed by atoms with Gasteiger partial charge in [-0.2, -0.15) is 5.10 Å². The van der Waals surface area contributed by atoms with E-state index in [1.54, 1.807) is 32.4 Å². The van der Waals surface area contributed by atoms with E-state index in [2.05, 4.69) is 20.1 Å². The maximum absolute atomic E-state index is 12.0. The van der Waals surface area contributed by atoms with Crippen molar-refractivity contribution in [3.05, 3.63) is 40.7 Å². The summed E-state index contributed by atoms with van der Waals surface area (Å²) in [6.45, 7) is 0.824. The Labute approximate surface area is 145 Å². The van der Waals surface area contributed by atoms with Crippen molar-refractivity contribution in [2.24, 2.45) is 0 Å². The van der Waals surface area contributed by atoms with Crippen molar-refractivity contribution in [3.63, 3.8) is 0 Å². The van der Waals surface area contributed by atoms with E-state index in [0.717, 1.165) is 25.1 Å². The lowest BCUT2D eigenvalue weighted by atomic mass is 10.1. The first kappa shape index (κ1) is 16.4. The summed E-state index contributed by atoms with van der Waals surface area (Å²) >= 11 is 6.41. The lowest BCUT2D eigenvalue weighted by Gasteiger charge is -2.26. The van der Waals surface area contributed by atoms with Crippen LogP contribution < -0.4 is 10.6 Å². The molecule has 1 aliphatic rings. The van der Waals surface area contributed by atoms with E-state index in [4.69, 9.17) is 17.3 Å². The second-order valence-electron chi connectivity index (χ2n) is 5.96. The van der Waals surface area contributed by atoms with Crippen LogP contribution in [0.5, 0.6) is 0 Å². The Morgan fingerprint density at radius 1 is 1.38 bits per heavy atom. The third-order valence-electron chi connectivity index (χ3n) is 4.05. The molecule has 126 valence electrons. The molecule has 1 aliphatic heterocycles. The molecule has 2 aromatic heterocycles. The summed E-state index contributed by atoms with van der Waals surface area (Å²) in [5.41, 5.74) is 6.92. The van der Waals surface area contributed by atoms with Gasteiger partial charge in [-0.1, -0.05) is 11.6 Å². The fourth-order valence-corrected chi connectivity index (χ4v) is 3.15. The van der Waals surface area contributed by atoms with Crippen LogP contribution in [0.2, 0.25) is 5.02 Å². The number of nitrogens with two attached hydrogens (primary N) is 1. The summed E-state index contributed by atoms with van der Waals surface area (Å²) in [6.07, 6.45) is 3.51. The van der Waals surface area contributed by atoms with Gasteiger partial charge in [0, 0.05) is 26.8 Å². The SMILES string of the molecule is CN(C)C(=O)c1cnc(N2CCCC2c2ccc(N)nn2)c(Cl)c1. The Bertz CT molecular complexity index is 749. The Morgan fingerprint density at radius 3 is 2.79 bits per heavy atom. The highest BCUT2D eigenvalue weighted by Crippen LogP contribution is 2.37. The Hall–Kier alpha value is -2.41. The van der Waals surface area contributed by atoms with Gasteiger partial charge in [-0.25, -0.2) is 4.98 Å². The summed E-state index contributed by atoms with van der Waals surface area (Å²) in [4.78, 5) is 20.1. The fourth-order valence-electron chi connectivity index (χ4n) is 2.88. The molecule has 2 N–H and O–H groups in total. The fraction of sp³-hybridized carbons (Fsp3) is 0.375. The highest BCUT2D eigenvalue weighted by Gasteiger charge is 2.30. The Kier molecular flexibility index (Phi) is 4.53. The van der Waals surface area contributed by atoms with Gasteiger partial charge in [0.2, 0.25) is 0 Å². The molecule has 0 aromatic carbocycles. The van der Waals surface area contributed by atoms with Crippen LogP contribution in [0.25, 0.3) is 0 Å². The number of carbonyl (C=O) groups is 1. The van der Waals surface area contributed by atoms with E-state index in [-0.39, 0.29) is 11.9 Å². The maximum Gasteiger partial charge on any atom is 0.254 e. The van der Waals surface area contributed by atoms with Crippen molar-refractivity contribution in [2.45, 2.75) is 18.9 Å². The van der Waals surface area contributed by atoms with Crippen LogP contribution in [0.1, 0.15) is 34.9 Å². The number of pyridine rings is 1. The van der Waals surface area contributed by atoms with E-state index in [9.17, 15) is 4.79 Å². The minimum Gasteiger partial charge on any atom is -0.382 e. The predicted molar refractivity (Wildman–Crippen MR) is 93.0 cm³/mol. The zero-order valence-corrected chi connectivity index (χ0v) is 14.4. The van der Waals surface area contributed by atoms with Crippen molar-refractivity contribution >= 4 is 29.1 Å². The van der Waals surface area contributed by atoms with Gasteiger partial charge >= 0.3 is 0 Å². The van der Waals surface area contributed by atoms with Gasteiger partial charge < -0.3 is 15.5 Å². The van der Waals surface area contributed by atoms with Crippen LogP contribution >= 0.6 is 11.6 Å². The maximum atomic E-state index is 12.0. The van der Waals surface area contributed by atoms with Crippen LogP contribution in [-0.4, -0.2) is 46.6 Å². The van der Waals surface area contributed by atoms with Crippen molar-refractivity contribution in [2.75, 3.05) is 31.3 Å². The third kappa shape index (κ3) is 3.12. The first-order valence-corrected chi connectivity index (χ1v) is 8.08. The molecule has 1 saturated heterocycles. The van der Waals surface area contributed by atoms with Gasteiger partial charge in [0.15, 0.2) is 0 Å². The molecule has 0 aliphatic carbocycles. The molecular formula is C16H19ClN6O. The lowest BCUT2D eigenvalue weighted by Crippen LogP contribution is -2.26. The van der Waals surface area contributed by atoms with Gasteiger partial charge in [-0.15, -0.1) is 5.10 Å². The van der Waals surface area contributed by atoms with Gasteiger partial charge in [0.05, 0.1) is 22.3 Å². The molecule has 0 saturated carbocycles. The van der Waals surface area contributed by atoms with Crippen molar-refractivity contribution in [1.82, 2.24) is 20.1 Å². The number of rotatable bonds is 3. The van der Waals surface area contributed by atoms with Crippen molar-refractivity contribution in [1.29, 1.82) is 0 Å². The summed E-state index contributed by atoms with van der Waals surface area (Å²) in [5.74, 6) is 0.928. The number of amides is 1. The molecule has 0 radical (unpaired) electrons. The molecule has 2 aromatic rings. The minimum atomic E-state index is -0.127. The van der Waals surface area contributed by atoms with Crippen molar-refractivity contribution < 1.29 is 4.79 Å². The van der Waals surface area contributed by atoms with Crippen LogP contribution in [0.4, 0.5) is 11.6 Å². The molecular weight excluding hydrogens is 328 g/mol. The molecule has 3 rings (SSSR count). The number of halogens is 1. The van der Waals surface area contributed by atoms with Crippen LogP contribution in [0.3, 0.4) is 0 Å². The number of anilines is 2. The number of aromatic nitrogens is 3. The number of nitrogen functional groups attached to an aromatic ring is 1. The molecule has 1 fully saturated rings. The Morgan fingerprint density at radius 2 is 2.17 bits per heavy atom. The van der Waals surface area contributed by atoms with Crippen LogP contribution in [-0.2, 0) is 0 Å². The number of hydrogen-bond donors (Lipinski definition) is 1. The largest absolute Gasteiger partial charge is 0.382 e. The molecule has 0 spiro atoms. The second-order valence-corrected chi connectivity index (χ2v) is 6.37. The molecule has 1 unspecified atom stereocenters. The number of nitrogens with zero attached hydrogens (tertiary/aromatic N) is 5. The average Bonchev–Trinajstić information content (AvgIpc) is 3.04. The molecule has 3 heterocycles. The van der Waals surface area contributed by atoms with E-state index < -0.39 is 0 Å². The third-order valence-corrected chi connectivity index (χ3v) is 4.33. The molecule has 8 heteroatoms. The summed E-state index contributed by atoms with van der Waals surface area (Å²) in [5, 5.41) is 8.57. The topological polar surface area (TPSA) is 88.2 Å². The molecule has 0 bridgehead atoms. The zero-order valence-electron chi connectivity index (χ0n) is 13.6. The number of hydrogen-bond acceptors (Lipinski definition) is 6. The monoisotopic (exact) mass is 346 g/mol. The normalized spacial score (nSPS) is 17.1. The van der Waals surface area contributed by atoms with Gasteiger partial charge in [0.25, 0.3) is 5.91 Å². The van der Waals surface area contributed by atoms with Gasteiger partial charge in [0.1, 0.15) is 11.6 Å². The van der Waals surface area contributed by atoms with E-state index in [0.29, 0.717) is 22.2 Å². The summed E-state index contributed by atoms with van der Waals surface area (Å²) in [7, 11) is 3.39. The first-order valence-electron chi connectivity index (χ1n) is 7.70. The highest BCUT2D eigenvalue weighted by atomic mass is 35.5. The zero-order chi connectivity index (χ0) is 17.3. The van der Waals surface area contributed by atoms with Gasteiger partial charge in [-0.3, -0.25) is 4.79 Å². The van der Waals surface area contributed by atoms with Crippen LogP contribution in [0, 0.1) is 0 Å². The first-order chi connectivity index (χ1) is 11.5. The van der Waals surface area contributed by atoms with Crippen LogP contribution in [0.15, 0.2) is 24.4 Å². The molecule has 7 nitrogen and oxygen atoms in total. The molecule has 24 heavy (non-hydrogen) atoms. The molecule has 1 atom stereocenters. The van der Waals surface area contributed by atoms with E-state index in [1.807, 2.05) is 6.07 Å². The summed E-state index contributed by atoms with van der Waals surface area (Å²) < 4.78 is 0. The minimum absolute atomic E-state index is 0.0542. The van der Waals surface area contributed by atoms with E-state index in [1.165, 1.54) is 4.90 Å². The lowest BCUT2D eigenvalue weighted by molar-refractivity contribution is 0.0827. The quantitative estimate of drug-likeness (QED) is 0.916. The number of carbonyl (C=O) groups excluding carboxylic acids is 1. The van der Waals surface area contributed by atoms with Gasteiger partial charge in [-0.05, 0) is 31.0 Å². The average molecular weight is 347 g/mol.